The molecule has 172 valence electrons. The summed E-state index contributed by atoms with van der Waals surface area (Å²) in [4.78, 5) is 24.6. The molecule has 0 aliphatic rings. The SMILES string of the molecule is COc1ccc(-c2ncc(C(=O)N[C@@H](C)c3ccccc3)c(N(C)Cc3ccccc3)n2)cc1. The second-order valence-electron chi connectivity index (χ2n) is 8.11. The minimum Gasteiger partial charge on any atom is -0.497 e. The average Bonchev–Trinajstić information content (AvgIpc) is 2.89. The molecule has 1 amide bonds. The van der Waals surface area contributed by atoms with Crippen LogP contribution in [-0.4, -0.2) is 30.0 Å². The number of hydrogen-bond acceptors (Lipinski definition) is 5. The molecule has 0 aliphatic heterocycles. The van der Waals surface area contributed by atoms with E-state index in [4.69, 9.17) is 9.72 Å². The lowest BCUT2D eigenvalue weighted by Crippen LogP contribution is -2.30. The van der Waals surface area contributed by atoms with Crippen LogP contribution in [0.1, 0.15) is 34.5 Å². The van der Waals surface area contributed by atoms with E-state index in [-0.39, 0.29) is 11.9 Å². The Labute approximate surface area is 200 Å². The van der Waals surface area contributed by atoms with Gasteiger partial charge in [0.05, 0.1) is 13.2 Å². The van der Waals surface area contributed by atoms with Gasteiger partial charge in [-0.05, 0) is 42.3 Å². The third-order valence-corrected chi connectivity index (χ3v) is 5.63. The van der Waals surface area contributed by atoms with Gasteiger partial charge < -0.3 is 15.0 Å². The molecule has 1 aromatic heterocycles. The molecule has 0 radical (unpaired) electrons. The Morgan fingerprint density at radius 1 is 0.971 bits per heavy atom. The summed E-state index contributed by atoms with van der Waals surface area (Å²) in [5, 5.41) is 3.08. The minimum absolute atomic E-state index is 0.151. The number of nitrogens with one attached hydrogen (secondary N) is 1. The van der Waals surface area contributed by atoms with Crippen molar-refractivity contribution in [1.82, 2.24) is 15.3 Å². The number of hydrogen-bond donors (Lipinski definition) is 1. The predicted molar refractivity (Wildman–Crippen MR) is 135 cm³/mol. The second kappa shape index (κ2) is 10.6. The Morgan fingerprint density at radius 2 is 1.62 bits per heavy atom. The number of rotatable bonds is 8. The summed E-state index contributed by atoms with van der Waals surface area (Å²) < 4.78 is 5.26. The predicted octanol–water partition coefficient (Wildman–Crippen LogP) is 5.28. The highest BCUT2D eigenvalue weighted by Gasteiger charge is 2.20. The molecule has 0 saturated carbocycles. The fourth-order valence-corrected chi connectivity index (χ4v) is 3.73. The van der Waals surface area contributed by atoms with Gasteiger partial charge in [-0.15, -0.1) is 0 Å². The molecule has 1 atom stereocenters. The van der Waals surface area contributed by atoms with Crippen LogP contribution in [0, 0.1) is 0 Å². The lowest BCUT2D eigenvalue weighted by molar-refractivity contribution is 0.0939. The molecule has 0 spiro atoms. The Morgan fingerprint density at radius 3 is 2.26 bits per heavy atom. The highest BCUT2D eigenvalue weighted by molar-refractivity contribution is 5.99. The zero-order chi connectivity index (χ0) is 23.9. The van der Waals surface area contributed by atoms with E-state index in [1.165, 1.54) is 0 Å². The van der Waals surface area contributed by atoms with Crippen LogP contribution in [-0.2, 0) is 6.54 Å². The number of methoxy groups -OCH3 is 1. The van der Waals surface area contributed by atoms with Gasteiger partial charge in [0.1, 0.15) is 17.1 Å². The summed E-state index contributed by atoms with van der Waals surface area (Å²) >= 11 is 0. The van der Waals surface area contributed by atoms with E-state index in [2.05, 4.69) is 22.4 Å². The van der Waals surface area contributed by atoms with Crippen molar-refractivity contribution in [2.45, 2.75) is 19.5 Å². The van der Waals surface area contributed by atoms with Crippen molar-refractivity contribution in [3.05, 3.63) is 108 Å². The summed E-state index contributed by atoms with van der Waals surface area (Å²) in [5.74, 6) is 1.66. The summed E-state index contributed by atoms with van der Waals surface area (Å²) in [5.41, 5.74) is 3.43. The van der Waals surface area contributed by atoms with Crippen molar-refractivity contribution >= 4 is 11.7 Å². The normalized spacial score (nSPS) is 11.5. The van der Waals surface area contributed by atoms with Crippen molar-refractivity contribution in [3.8, 4) is 17.1 Å². The number of carbonyl (C=O) groups excluding carboxylic acids is 1. The largest absolute Gasteiger partial charge is 0.497 e. The molecule has 0 fully saturated rings. The molecular formula is C28H28N4O2. The maximum absolute atomic E-state index is 13.3. The summed E-state index contributed by atoms with van der Waals surface area (Å²) in [7, 11) is 3.57. The average molecular weight is 453 g/mol. The standard InChI is InChI=1S/C28H28N4O2/c1-20(22-12-8-5-9-13-22)30-28(33)25-18-29-26(23-14-16-24(34-3)17-15-23)31-27(25)32(2)19-21-10-6-4-7-11-21/h4-18,20H,19H2,1-3H3,(H,30,33)/t20-/m0/s1. The molecule has 0 unspecified atom stereocenters. The lowest BCUT2D eigenvalue weighted by Gasteiger charge is -2.22. The van der Waals surface area contributed by atoms with Crippen LogP contribution in [0.5, 0.6) is 5.75 Å². The number of amides is 1. The molecule has 1 N–H and O–H groups in total. The first-order valence-corrected chi connectivity index (χ1v) is 11.2. The van der Waals surface area contributed by atoms with Gasteiger partial charge in [0, 0.05) is 25.4 Å². The summed E-state index contributed by atoms with van der Waals surface area (Å²) in [6.07, 6.45) is 1.61. The van der Waals surface area contributed by atoms with Gasteiger partial charge in [0.15, 0.2) is 5.82 Å². The van der Waals surface area contributed by atoms with Crippen molar-refractivity contribution in [1.29, 1.82) is 0 Å². The molecule has 0 saturated heterocycles. The summed E-state index contributed by atoms with van der Waals surface area (Å²) in [6, 6.07) is 27.4. The maximum Gasteiger partial charge on any atom is 0.257 e. The van der Waals surface area contributed by atoms with E-state index < -0.39 is 0 Å². The topological polar surface area (TPSA) is 67.3 Å². The smallest absolute Gasteiger partial charge is 0.257 e. The Kier molecular flexibility index (Phi) is 7.18. The van der Waals surface area contributed by atoms with Crippen LogP contribution in [0.2, 0.25) is 0 Å². The fraction of sp³-hybridized carbons (Fsp3) is 0.179. The van der Waals surface area contributed by atoms with Gasteiger partial charge >= 0.3 is 0 Å². The van der Waals surface area contributed by atoms with Gasteiger partial charge in [0.2, 0.25) is 0 Å². The van der Waals surface area contributed by atoms with E-state index in [0.717, 1.165) is 22.4 Å². The van der Waals surface area contributed by atoms with Gasteiger partial charge in [0.25, 0.3) is 5.91 Å². The summed E-state index contributed by atoms with van der Waals surface area (Å²) in [6.45, 7) is 2.57. The van der Waals surface area contributed by atoms with E-state index >= 15 is 0 Å². The molecule has 6 heteroatoms. The third-order valence-electron chi connectivity index (χ3n) is 5.63. The number of carbonyl (C=O) groups is 1. The van der Waals surface area contributed by atoms with Crippen LogP contribution >= 0.6 is 0 Å². The van der Waals surface area contributed by atoms with Gasteiger partial charge in [-0.1, -0.05) is 60.7 Å². The monoisotopic (exact) mass is 452 g/mol. The van der Waals surface area contributed by atoms with Crippen LogP contribution in [0.25, 0.3) is 11.4 Å². The zero-order valence-corrected chi connectivity index (χ0v) is 19.6. The van der Waals surface area contributed by atoms with Crippen molar-refractivity contribution in [2.24, 2.45) is 0 Å². The molecule has 1 heterocycles. The van der Waals surface area contributed by atoms with Crippen LogP contribution in [0.4, 0.5) is 5.82 Å². The Balaban J connectivity index is 1.66. The Bertz CT molecular complexity index is 1230. The number of benzene rings is 3. The molecule has 0 aliphatic carbocycles. The van der Waals surface area contributed by atoms with E-state index in [9.17, 15) is 4.79 Å². The molecule has 3 aromatic carbocycles. The molecule has 6 nitrogen and oxygen atoms in total. The van der Waals surface area contributed by atoms with Crippen molar-refractivity contribution in [2.75, 3.05) is 19.1 Å². The number of nitrogens with zero attached hydrogens (tertiary/aromatic N) is 3. The van der Waals surface area contributed by atoms with Crippen LogP contribution in [0.15, 0.2) is 91.1 Å². The number of anilines is 1. The van der Waals surface area contributed by atoms with Crippen LogP contribution < -0.4 is 15.0 Å². The Hall–Kier alpha value is -4.19. The lowest BCUT2D eigenvalue weighted by atomic mass is 10.1. The van der Waals surface area contributed by atoms with Gasteiger partial charge in [-0.3, -0.25) is 4.79 Å². The fourth-order valence-electron chi connectivity index (χ4n) is 3.73. The molecule has 34 heavy (non-hydrogen) atoms. The van der Waals surface area contributed by atoms with E-state index in [1.54, 1.807) is 13.3 Å². The molecule has 4 rings (SSSR count). The van der Waals surface area contributed by atoms with Crippen molar-refractivity contribution in [3.63, 3.8) is 0 Å². The van der Waals surface area contributed by atoms with Gasteiger partial charge in [-0.2, -0.15) is 0 Å². The third kappa shape index (κ3) is 5.41. The van der Waals surface area contributed by atoms with Gasteiger partial charge in [-0.25, -0.2) is 9.97 Å². The number of aromatic nitrogens is 2. The van der Waals surface area contributed by atoms with E-state index in [0.29, 0.717) is 23.8 Å². The molecular weight excluding hydrogens is 424 g/mol. The first kappa shape index (κ1) is 23.0. The second-order valence-corrected chi connectivity index (χ2v) is 8.11. The molecule has 0 bridgehead atoms. The quantitative estimate of drug-likeness (QED) is 0.394. The highest BCUT2D eigenvalue weighted by atomic mass is 16.5. The minimum atomic E-state index is -0.215. The van der Waals surface area contributed by atoms with Crippen molar-refractivity contribution < 1.29 is 9.53 Å². The maximum atomic E-state index is 13.3. The first-order valence-electron chi connectivity index (χ1n) is 11.2. The van der Waals surface area contributed by atoms with Crippen LogP contribution in [0.3, 0.4) is 0 Å². The zero-order valence-electron chi connectivity index (χ0n) is 19.6. The number of ether oxygens (including phenoxy) is 1. The van der Waals surface area contributed by atoms with E-state index in [1.807, 2.05) is 91.7 Å². The molecule has 4 aromatic rings. The first-order chi connectivity index (χ1) is 16.5. The highest BCUT2D eigenvalue weighted by Crippen LogP contribution is 2.25.